The molecule has 7 heteroatoms. The fourth-order valence-electron chi connectivity index (χ4n) is 3.87. The molecule has 0 atom stereocenters. The number of fused-ring (bicyclic) bond motifs is 1. The van der Waals surface area contributed by atoms with Gasteiger partial charge < -0.3 is 24.8 Å². The molecule has 0 aliphatic rings. The van der Waals surface area contributed by atoms with E-state index in [0.29, 0.717) is 23.8 Å². The topological polar surface area (TPSA) is 60.6 Å². The number of pyridine rings is 1. The van der Waals surface area contributed by atoms with E-state index >= 15 is 0 Å². The first kappa shape index (κ1) is 24.7. The SMILES string of the molecule is CCN(CC)CCN(Cc1cc2c(C)ccc(C)c2[nH]c1=O)C(=S)Nc1ccc(OC)cc1. The molecular formula is C26H34N4O2S. The number of aromatic amines is 1. The van der Waals surface area contributed by atoms with Gasteiger partial charge in [0.05, 0.1) is 19.2 Å². The van der Waals surface area contributed by atoms with Gasteiger partial charge in [-0.3, -0.25) is 4.79 Å². The molecule has 0 bridgehead atoms. The van der Waals surface area contributed by atoms with Gasteiger partial charge in [0.2, 0.25) is 0 Å². The van der Waals surface area contributed by atoms with Gasteiger partial charge in [-0.25, -0.2) is 0 Å². The van der Waals surface area contributed by atoms with Gasteiger partial charge in [-0.05, 0) is 80.6 Å². The minimum Gasteiger partial charge on any atom is -0.497 e. The maximum atomic E-state index is 13.0. The molecule has 6 nitrogen and oxygen atoms in total. The number of nitrogens with zero attached hydrogens (tertiary/aromatic N) is 2. The van der Waals surface area contributed by atoms with E-state index in [-0.39, 0.29) is 5.56 Å². The summed E-state index contributed by atoms with van der Waals surface area (Å²) >= 11 is 5.78. The van der Waals surface area contributed by atoms with Crippen molar-refractivity contribution < 1.29 is 4.74 Å². The highest BCUT2D eigenvalue weighted by molar-refractivity contribution is 7.80. The Bertz CT molecular complexity index is 1150. The van der Waals surface area contributed by atoms with Crippen LogP contribution in [0, 0.1) is 13.8 Å². The van der Waals surface area contributed by atoms with Crippen LogP contribution in [-0.4, -0.2) is 53.2 Å². The van der Waals surface area contributed by atoms with Crippen LogP contribution in [0.2, 0.25) is 0 Å². The predicted molar refractivity (Wildman–Crippen MR) is 141 cm³/mol. The van der Waals surface area contributed by atoms with Crippen molar-refractivity contribution in [2.45, 2.75) is 34.2 Å². The van der Waals surface area contributed by atoms with Crippen molar-refractivity contribution >= 4 is 33.9 Å². The highest BCUT2D eigenvalue weighted by atomic mass is 32.1. The molecule has 1 aromatic heterocycles. The molecule has 3 aromatic rings. The quantitative estimate of drug-likeness (QED) is 0.446. The van der Waals surface area contributed by atoms with Crippen molar-refractivity contribution in [1.82, 2.24) is 14.8 Å². The Hall–Kier alpha value is -2.90. The van der Waals surface area contributed by atoms with Crippen molar-refractivity contribution in [2.75, 3.05) is 38.6 Å². The molecule has 33 heavy (non-hydrogen) atoms. The monoisotopic (exact) mass is 466 g/mol. The molecule has 0 unspecified atom stereocenters. The van der Waals surface area contributed by atoms with E-state index in [1.165, 1.54) is 0 Å². The van der Waals surface area contributed by atoms with Gasteiger partial charge in [0.25, 0.3) is 5.56 Å². The first-order chi connectivity index (χ1) is 15.9. The number of thiocarbonyl (C=S) groups is 1. The number of H-pyrrole nitrogens is 1. The first-order valence-electron chi connectivity index (χ1n) is 11.4. The molecule has 1 heterocycles. The number of rotatable bonds is 9. The Labute approximate surface area is 201 Å². The lowest BCUT2D eigenvalue weighted by atomic mass is 10.0. The van der Waals surface area contributed by atoms with Crippen molar-refractivity contribution in [2.24, 2.45) is 0 Å². The lowest BCUT2D eigenvalue weighted by Gasteiger charge is -2.29. The summed E-state index contributed by atoms with van der Waals surface area (Å²) < 4.78 is 5.24. The fraction of sp³-hybridized carbons (Fsp3) is 0.385. The number of aromatic nitrogens is 1. The molecule has 2 N–H and O–H groups in total. The summed E-state index contributed by atoms with van der Waals surface area (Å²) in [6.07, 6.45) is 0. The van der Waals surface area contributed by atoms with Crippen molar-refractivity contribution in [3.63, 3.8) is 0 Å². The Morgan fingerprint density at radius 3 is 2.33 bits per heavy atom. The zero-order valence-electron chi connectivity index (χ0n) is 20.2. The van der Waals surface area contributed by atoms with Crippen LogP contribution in [0.3, 0.4) is 0 Å². The number of likely N-dealkylation sites (N-methyl/N-ethyl adjacent to an activating group) is 1. The van der Waals surface area contributed by atoms with Gasteiger partial charge in [-0.15, -0.1) is 0 Å². The van der Waals surface area contributed by atoms with E-state index in [1.807, 2.05) is 43.3 Å². The minimum absolute atomic E-state index is 0.0729. The van der Waals surface area contributed by atoms with Crippen LogP contribution < -0.4 is 15.6 Å². The predicted octanol–water partition coefficient (Wildman–Crippen LogP) is 4.69. The number of hydrogen-bond acceptors (Lipinski definition) is 4. The van der Waals surface area contributed by atoms with Crippen LogP contribution >= 0.6 is 12.2 Å². The van der Waals surface area contributed by atoms with Crippen LogP contribution in [0.4, 0.5) is 5.69 Å². The number of ether oxygens (including phenoxy) is 1. The molecule has 0 amide bonds. The average molecular weight is 467 g/mol. The summed E-state index contributed by atoms with van der Waals surface area (Å²) in [6.45, 7) is 12.3. The van der Waals surface area contributed by atoms with Crippen molar-refractivity contribution in [3.8, 4) is 5.75 Å². The summed E-state index contributed by atoms with van der Waals surface area (Å²) in [5.74, 6) is 0.790. The molecule has 0 fully saturated rings. The van der Waals surface area contributed by atoms with Crippen LogP contribution in [0.15, 0.2) is 47.3 Å². The molecule has 0 aliphatic heterocycles. The van der Waals surface area contributed by atoms with Gasteiger partial charge in [-0.2, -0.15) is 0 Å². The Morgan fingerprint density at radius 2 is 1.70 bits per heavy atom. The van der Waals surface area contributed by atoms with Gasteiger partial charge in [0.1, 0.15) is 5.75 Å². The van der Waals surface area contributed by atoms with Crippen LogP contribution in [0.5, 0.6) is 5.75 Å². The highest BCUT2D eigenvalue weighted by Crippen LogP contribution is 2.21. The molecular weight excluding hydrogens is 432 g/mol. The number of methoxy groups -OCH3 is 1. The number of anilines is 1. The zero-order valence-corrected chi connectivity index (χ0v) is 21.0. The van der Waals surface area contributed by atoms with Crippen molar-refractivity contribution in [3.05, 3.63) is 69.5 Å². The van der Waals surface area contributed by atoms with E-state index in [2.05, 4.69) is 46.9 Å². The number of benzene rings is 2. The third kappa shape index (κ3) is 6.12. The van der Waals surface area contributed by atoms with Gasteiger partial charge in [-0.1, -0.05) is 26.0 Å². The minimum atomic E-state index is -0.0729. The summed E-state index contributed by atoms with van der Waals surface area (Å²) in [7, 11) is 1.65. The van der Waals surface area contributed by atoms with E-state index in [4.69, 9.17) is 17.0 Å². The Balaban J connectivity index is 1.88. The molecule has 0 radical (unpaired) electrons. The summed E-state index contributed by atoms with van der Waals surface area (Å²) in [6, 6.07) is 13.8. The molecule has 0 spiro atoms. The largest absolute Gasteiger partial charge is 0.497 e. The number of hydrogen-bond donors (Lipinski definition) is 2. The van der Waals surface area contributed by atoms with Crippen LogP contribution in [-0.2, 0) is 6.54 Å². The first-order valence-corrected chi connectivity index (χ1v) is 11.8. The number of aryl methyl sites for hydroxylation is 2. The second-order valence-electron chi connectivity index (χ2n) is 8.22. The van der Waals surface area contributed by atoms with Gasteiger partial charge >= 0.3 is 0 Å². The lowest BCUT2D eigenvalue weighted by Crippen LogP contribution is -2.41. The van der Waals surface area contributed by atoms with E-state index in [9.17, 15) is 4.79 Å². The maximum Gasteiger partial charge on any atom is 0.253 e. The van der Waals surface area contributed by atoms with Crippen molar-refractivity contribution in [1.29, 1.82) is 0 Å². The highest BCUT2D eigenvalue weighted by Gasteiger charge is 2.16. The fourth-order valence-corrected chi connectivity index (χ4v) is 4.15. The normalized spacial score (nSPS) is 11.1. The molecule has 3 rings (SSSR count). The Kier molecular flexibility index (Phi) is 8.47. The van der Waals surface area contributed by atoms with Crippen LogP contribution in [0.1, 0.15) is 30.5 Å². The molecule has 0 saturated carbocycles. The second-order valence-corrected chi connectivity index (χ2v) is 8.61. The van der Waals surface area contributed by atoms with Gasteiger partial charge in [0.15, 0.2) is 5.11 Å². The maximum absolute atomic E-state index is 13.0. The van der Waals surface area contributed by atoms with E-state index in [0.717, 1.165) is 53.1 Å². The standard InChI is InChI=1S/C26H34N4O2S/c1-6-29(7-2)14-15-30(26(33)27-21-10-12-22(32-5)13-11-21)17-20-16-23-18(3)8-9-19(4)24(23)28-25(20)31/h8-13,16H,6-7,14-15,17H2,1-5H3,(H,27,33)(H,28,31). The third-order valence-corrected chi connectivity index (χ3v) is 6.45. The zero-order chi connectivity index (χ0) is 24.0. The molecule has 2 aromatic carbocycles. The smallest absolute Gasteiger partial charge is 0.253 e. The van der Waals surface area contributed by atoms with E-state index < -0.39 is 0 Å². The molecule has 176 valence electrons. The second kappa shape index (κ2) is 11.3. The summed E-state index contributed by atoms with van der Waals surface area (Å²) in [5, 5.41) is 4.98. The summed E-state index contributed by atoms with van der Waals surface area (Å²) in [4.78, 5) is 20.5. The average Bonchev–Trinajstić information content (AvgIpc) is 2.82. The molecule has 0 aliphatic carbocycles. The lowest BCUT2D eigenvalue weighted by molar-refractivity contribution is 0.266. The number of nitrogens with one attached hydrogen (secondary N) is 2. The van der Waals surface area contributed by atoms with Gasteiger partial charge in [0, 0.05) is 29.7 Å². The summed E-state index contributed by atoms with van der Waals surface area (Å²) in [5.41, 5.74) is 4.62. The van der Waals surface area contributed by atoms with E-state index in [1.54, 1.807) is 7.11 Å². The van der Waals surface area contributed by atoms with Crippen LogP contribution in [0.25, 0.3) is 10.9 Å². The Morgan fingerprint density at radius 1 is 1.03 bits per heavy atom. The molecule has 0 saturated heterocycles. The third-order valence-electron chi connectivity index (χ3n) is 6.09.